The first-order valence-electron chi connectivity index (χ1n) is 8.86. The van der Waals surface area contributed by atoms with E-state index in [0.717, 1.165) is 17.4 Å². The van der Waals surface area contributed by atoms with Gasteiger partial charge in [0.2, 0.25) is 0 Å². The smallest absolute Gasteiger partial charge is 0.0924 e. The standard InChI is InChI=1S/C21H34OS/c1-8-22-18(6)16(4)14-23-19(7)17(5)21-11-9-20(10-12-21)13-15(2)3/h9,11-12,15-17,20H,6-8,10,13-14H2,1-5H3. The van der Waals surface area contributed by atoms with Crippen molar-refractivity contribution in [3.63, 3.8) is 0 Å². The van der Waals surface area contributed by atoms with Crippen LogP contribution in [-0.2, 0) is 4.74 Å². The van der Waals surface area contributed by atoms with Crippen molar-refractivity contribution in [2.75, 3.05) is 12.4 Å². The summed E-state index contributed by atoms with van der Waals surface area (Å²) in [7, 11) is 0. The summed E-state index contributed by atoms with van der Waals surface area (Å²) in [5.74, 6) is 4.10. The summed E-state index contributed by atoms with van der Waals surface area (Å²) < 4.78 is 5.50. The minimum Gasteiger partial charge on any atom is -0.499 e. The zero-order valence-electron chi connectivity index (χ0n) is 15.6. The molecule has 0 amide bonds. The molecule has 1 rings (SSSR count). The molecule has 0 bridgehead atoms. The third-order valence-corrected chi connectivity index (χ3v) is 5.76. The molecular weight excluding hydrogens is 300 g/mol. The van der Waals surface area contributed by atoms with Gasteiger partial charge in [0, 0.05) is 17.6 Å². The molecule has 0 aromatic rings. The summed E-state index contributed by atoms with van der Waals surface area (Å²) >= 11 is 1.84. The van der Waals surface area contributed by atoms with Crippen molar-refractivity contribution in [2.45, 2.75) is 47.5 Å². The number of ether oxygens (including phenoxy) is 1. The topological polar surface area (TPSA) is 9.23 Å². The van der Waals surface area contributed by atoms with Crippen LogP contribution in [0, 0.1) is 23.7 Å². The molecule has 2 heteroatoms. The highest BCUT2D eigenvalue weighted by Gasteiger charge is 2.17. The van der Waals surface area contributed by atoms with Crippen molar-refractivity contribution in [2.24, 2.45) is 23.7 Å². The maximum atomic E-state index is 5.50. The van der Waals surface area contributed by atoms with Gasteiger partial charge in [-0.3, -0.25) is 0 Å². The fourth-order valence-electron chi connectivity index (χ4n) is 2.75. The maximum absolute atomic E-state index is 5.50. The monoisotopic (exact) mass is 334 g/mol. The molecule has 3 atom stereocenters. The molecule has 0 aliphatic heterocycles. The first-order chi connectivity index (χ1) is 10.8. The minimum atomic E-state index is 0.357. The third kappa shape index (κ3) is 7.03. The molecule has 3 unspecified atom stereocenters. The van der Waals surface area contributed by atoms with Gasteiger partial charge in [0.25, 0.3) is 0 Å². The predicted octanol–water partition coefficient (Wildman–Crippen LogP) is 6.60. The normalized spacial score (nSPS) is 20.1. The molecule has 23 heavy (non-hydrogen) atoms. The number of hydrogen-bond acceptors (Lipinski definition) is 2. The van der Waals surface area contributed by atoms with E-state index in [1.807, 2.05) is 18.7 Å². The fraction of sp³-hybridized carbons (Fsp3) is 0.619. The Morgan fingerprint density at radius 2 is 2.00 bits per heavy atom. The van der Waals surface area contributed by atoms with Crippen molar-refractivity contribution in [3.8, 4) is 0 Å². The van der Waals surface area contributed by atoms with Crippen LogP contribution in [0.5, 0.6) is 0 Å². The van der Waals surface area contributed by atoms with E-state index >= 15 is 0 Å². The minimum absolute atomic E-state index is 0.357. The van der Waals surface area contributed by atoms with Crippen LogP contribution in [-0.4, -0.2) is 12.4 Å². The molecule has 0 aromatic heterocycles. The van der Waals surface area contributed by atoms with Gasteiger partial charge in [0.05, 0.1) is 12.4 Å². The van der Waals surface area contributed by atoms with E-state index in [2.05, 4.69) is 59.1 Å². The van der Waals surface area contributed by atoms with Crippen LogP contribution in [0.3, 0.4) is 0 Å². The van der Waals surface area contributed by atoms with Crippen LogP contribution >= 0.6 is 11.8 Å². The summed E-state index contributed by atoms with van der Waals surface area (Å²) in [5.41, 5.74) is 1.42. The van der Waals surface area contributed by atoms with E-state index in [-0.39, 0.29) is 0 Å². The molecule has 1 nitrogen and oxygen atoms in total. The van der Waals surface area contributed by atoms with Gasteiger partial charge in [-0.05, 0) is 42.1 Å². The second-order valence-corrected chi connectivity index (χ2v) is 8.13. The van der Waals surface area contributed by atoms with Crippen molar-refractivity contribution in [3.05, 3.63) is 47.6 Å². The first kappa shape index (κ1) is 20.2. The maximum Gasteiger partial charge on any atom is 0.0924 e. The van der Waals surface area contributed by atoms with E-state index in [9.17, 15) is 0 Å². The Morgan fingerprint density at radius 1 is 1.30 bits per heavy atom. The lowest BCUT2D eigenvalue weighted by atomic mass is 9.86. The van der Waals surface area contributed by atoms with Gasteiger partial charge in [0.1, 0.15) is 0 Å². The summed E-state index contributed by atoms with van der Waals surface area (Å²) in [4.78, 5) is 1.24. The van der Waals surface area contributed by atoms with Crippen molar-refractivity contribution in [1.29, 1.82) is 0 Å². The third-order valence-electron chi connectivity index (χ3n) is 4.37. The Kier molecular flexibility index (Phi) is 8.83. The molecule has 0 saturated heterocycles. The van der Waals surface area contributed by atoms with Crippen LogP contribution in [0.15, 0.2) is 47.6 Å². The number of thioether (sulfide) groups is 1. The Morgan fingerprint density at radius 3 is 2.52 bits per heavy atom. The zero-order chi connectivity index (χ0) is 17.4. The van der Waals surface area contributed by atoms with Crippen LogP contribution in [0.2, 0.25) is 0 Å². The zero-order valence-corrected chi connectivity index (χ0v) is 16.4. The molecule has 0 spiro atoms. The van der Waals surface area contributed by atoms with Crippen LogP contribution in [0.25, 0.3) is 0 Å². The van der Waals surface area contributed by atoms with Crippen molar-refractivity contribution >= 4 is 11.8 Å². The largest absolute Gasteiger partial charge is 0.499 e. The Balaban J connectivity index is 2.44. The van der Waals surface area contributed by atoms with Crippen molar-refractivity contribution in [1.82, 2.24) is 0 Å². The molecule has 0 radical (unpaired) electrons. The average molecular weight is 335 g/mol. The first-order valence-corrected chi connectivity index (χ1v) is 9.85. The van der Waals surface area contributed by atoms with Gasteiger partial charge in [-0.25, -0.2) is 0 Å². The molecule has 130 valence electrons. The lowest BCUT2D eigenvalue weighted by Gasteiger charge is -2.23. The molecule has 1 aliphatic rings. The van der Waals surface area contributed by atoms with Gasteiger partial charge >= 0.3 is 0 Å². The van der Waals surface area contributed by atoms with Gasteiger partial charge in [-0.2, -0.15) is 0 Å². The van der Waals surface area contributed by atoms with E-state index in [0.29, 0.717) is 24.4 Å². The lowest BCUT2D eigenvalue weighted by molar-refractivity contribution is 0.203. The molecule has 0 heterocycles. The molecule has 0 saturated carbocycles. The molecule has 0 fully saturated rings. The highest BCUT2D eigenvalue weighted by atomic mass is 32.2. The Hall–Kier alpha value is -0.890. The van der Waals surface area contributed by atoms with Gasteiger partial charge in [0.15, 0.2) is 0 Å². The van der Waals surface area contributed by atoms with Gasteiger partial charge in [-0.15, -0.1) is 11.8 Å². The van der Waals surface area contributed by atoms with E-state index in [4.69, 9.17) is 4.74 Å². The fourth-order valence-corrected chi connectivity index (χ4v) is 3.78. The predicted molar refractivity (Wildman–Crippen MR) is 105 cm³/mol. The second kappa shape index (κ2) is 10.1. The summed E-state index contributed by atoms with van der Waals surface area (Å²) in [6.07, 6.45) is 9.57. The highest BCUT2D eigenvalue weighted by molar-refractivity contribution is 8.03. The summed E-state index contributed by atoms with van der Waals surface area (Å²) in [6.45, 7) is 20.0. The Bertz CT molecular complexity index is 458. The van der Waals surface area contributed by atoms with Gasteiger partial charge < -0.3 is 4.74 Å². The average Bonchev–Trinajstić information content (AvgIpc) is 2.52. The van der Waals surface area contributed by atoms with Crippen molar-refractivity contribution < 1.29 is 4.74 Å². The van der Waals surface area contributed by atoms with E-state index < -0.39 is 0 Å². The van der Waals surface area contributed by atoms with Crippen LogP contribution in [0.1, 0.15) is 47.5 Å². The number of allylic oxidation sites excluding steroid dienone is 6. The van der Waals surface area contributed by atoms with E-state index in [1.165, 1.54) is 23.3 Å². The van der Waals surface area contributed by atoms with E-state index in [1.54, 1.807) is 0 Å². The lowest BCUT2D eigenvalue weighted by Crippen LogP contribution is -2.09. The quantitative estimate of drug-likeness (QED) is 0.416. The molecular formula is C21H34OS. The number of rotatable bonds is 10. The molecule has 1 aliphatic carbocycles. The molecule has 0 aromatic carbocycles. The van der Waals surface area contributed by atoms with Crippen LogP contribution < -0.4 is 0 Å². The summed E-state index contributed by atoms with van der Waals surface area (Å²) in [5, 5.41) is 0. The van der Waals surface area contributed by atoms with Crippen LogP contribution in [0.4, 0.5) is 0 Å². The van der Waals surface area contributed by atoms with Gasteiger partial charge in [-0.1, -0.05) is 59.1 Å². The number of hydrogen-bond donors (Lipinski definition) is 0. The summed E-state index contributed by atoms with van der Waals surface area (Å²) in [6, 6.07) is 0. The SMILES string of the molecule is C=C(OCC)C(C)CSC(=C)C(C)C1=CCC(CC(C)C)C=C1. The Labute approximate surface area is 148 Å². The highest BCUT2D eigenvalue weighted by Crippen LogP contribution is 2.34. The second-order valence-electron chi connectivity index (χ2n) is 6.99. The molecule has 0 N–H and O–H groups in total.